The summed E-state index contributed by atoms with van der Waals surface area (Å²) in [6, 6.07) is 16.2. The van der Waals surface area contributed by atoms with Crippen molar-refractivity contribution < 1.29 is 4.79 Å². The van der Waals surface area contributed by atoms with E-state index in [1.54, 1.807) is 0 Å². The van der Waals surface area contributed by atoms with Gasteiger partial charge < -0.3 is 15.5 Å². The molecule has 2 N–H and O–H groups in total. The molecule has 0 bridgehead atoms. The fourth-order valence-electron chi connectivity index (χ4n) is 3.11. The lowest BCUT2D eigenvalue weighted by molar-refractivity contribution is -0.116. The predicted molar refractivity (Wildman–Crippen MR) is 122 cm³/mol. The Labute approximate surface area is 170 Å². The highest BCUT2D eigenvalue weighted by Crippen LogP contribution is 2.21. The van der Waals surface area contributed by atoms with Gasteiger partial charge in [0.25, 0.3) is 0 Å². The van der Waals surface area contributed by atoms with Crippen molar-refractivity contribution in [1.29, 1.82) is 0 Å². The molecular formula is C24H35N3O. The Bertz CT molecular complexity index is 693. The summed E-state index contributed by atoms with van der Waals surface area (Å²) in [6.45, 7) is 2.23. The Morgan fingerprint density at radius 2 is 1.25 bits per heavy atom. The molecule has 0 aliphatic rings. The summed E-state index contributed by atoms with van der Waals surface area (Å²) in [7, 11) is 4.06. The van der Waals surface area contributed by atoms with Crippen LogP contribution < -0.4 is 15.5 Å². The van der Waals surface area contributed by atoms with E-state index in [0.717, 1.165) is 29.9 Å². The number of unbranched alkanes of at least 4 members (excludes halogenated alkanes) is 6. The van der Waals surface area contributed by atoms with Crippen LogP contribution in [0.3, 0.4) is 0 Å². The molecule has 2 aromatic carbocycles. The molecule has 0 fully saturated rings. The van der Waals surface area contributed by atoms with Crippen LogP contribution in [0, 0.1) is 0 Å². The highest BCUT2D eigenvalue weighted by atomic mass is 16.1. The molecule has 2 rings (SSSR count). The van der Waals surface area contributed by atoms with E-state index in [9.17, 15) is 4.79 Å². The van der Waals surface area contributed by atoms with Gasteiger partial charge in [0.1, 0.15) is 0 Å². The fraction of sp³-hybridized carbons (Fsp3) is 0.458. The predicted octanol–water partition coefficient (Wildman–Crippen LogP) is 6.58. The van der Waals surface area contributed by atoms with Gasteiger partial charge >= 0.3 is 0 Å². The molecule has 2 aromatic rings. The van der Waals surface area contributed by atoms with Gasteiger partial charge in [-0.3, -0.25) is 4.79 Å². The van der Waals surface area contributed by atoms with Gasteiger partial charge in [0.05, 0.1) is 0 Å². The van der Waals surface area contributed by atoms with E-state index in [1.165, 1.54) is 37.8 Å². The van der Waals surface area contributed by atoms with Crippen molar-refractivity contribution in [2.24, 2.45) is 0 Å². The van der Waals surface area contributed by atoms with Crippen molar-refractivity contribution in [3.63, 3.8) is 0 Å². The first-order valence-corrected chi connectivity index (χ1v) is 10.5. The molecule has 0 aliphatic carbocycles. The molecule has 0 aliphatic heterocycles. The minimum Gasteiger partial charge on any atom is -0.378 e. The molecule has 1 amide bonds. The second-order valence-electron chi connectivity index (χ2n) is 7.56. The van der Waals surface area contributed by atoms with E-state index >= 15 is 0 Å². The minimum absolute atomic E-state index is 0.105. The monoisotopic (exact) mass is 381 g/mol. The quantitative estimate of drug-likeness (QED) is 0.408. The molecule has 152 valence electrons. The van der Waals surface area contributed by atoms with E-state index in [2.05, 4.69) is 46.7 Å². The third-order valence-corrected chi connectivity index (χ3v) is 4.85. The van der Waals surface area contributed by atoms with E-state index in [1.807, 2.05) is 38.4 Å². The fourth-order valence-corrected chi connectivity index (χ4v) is 3.11. The third-order valence-electron chi connectivity index (χ3n) is 4.85. The first-order valence-electron chi connectivity index (χ1n) is 10.5. The largest absolute Gasteiger partial charge is 0.378 e. The zero-order valence-electron chi connectivity index (χ0n) is 17.6. The zero-order chi connectivity index (χ0) is 20.2. The number of hydrogen-bond donors (Lipinski definition) is 2. The number of hydrogen-bond acceptors (Lipinski definition) is 3. The van der Waals surface area contributed by atoms with E-state index < -0.39 is 0 Å². The van der Waals surface area contributed by atoms with Gasteiger partial charge in [0, 0.05) is 43.3 Å². The Balaban J connectivity index is 1.71. The number of carbonyl (C=O) groups is 1. The lowest BCUT2D eigenvalue weighted by Crippen LogP contribution is -2.11. The van der Waals surface area contributed by atoms with Crippen LogP contribution in [0.4, 0.5) is 22.7 Å². The summed E-state index contributed by atoms with van der Waals surface area (Å²) < 4.78 is 0. The number of nitrogens with zero attached hydrogens (tertiary/aromatic N) is 1. The first kappa shape index (κ1) is 21.8. The number of nitrogens with one attached hydrogen (secondary N) is 2. The van der Waals surface area contributed by atoms with E-state index in [4.69, 9.17) is 0 Å². The summed E-state index contributed by atoms with van der Waals surface area (Å²) in [5.41, 5.74) is 4.06. The summed E-state index contributed by atoms with van der Waals surface area (Å²) in [6.07, 6.45) is 9.18. The number of amides is 1. The van der Waals surface area contributed by atoms with E-state index in [-0.39, 0.29) is 5.91 Å². The molecule has 0 unspecified atom stereocenters. The van der Waals surface area contributed by atoms with Gasteiger partial charge in [0.2, 0.25) is 5.91 Å². The molecule has 0 saturated heterocycles. The minimum atomic E-state index is 0.105. The van der Waals surface area contributed by atoms with Gasteiger partial charge in [-0.25, -0.2) is 0 Å². The van der Waals surface area contributed by atoms with Crippen LogP contribution in [0.25, 0.3) is 0 Å². The van der Waals surface area contributed by atoms with Crippen molar-refractivity contribution >= 4 is 28.7 Å². The molecule has 0 atom stereocenters. The summed E-state index contributed by atoms with van der Waals surface area (Å²) >= 11 is 0. The van der Waals surface area contributed by atoms with Crippen LogP contribution in [0.1, 0.15) is 58.3 Å². The number of benzene rings is 2. The Morgan fingerprint density at radius 3 is 1.82 bits per heavy atom. The molecule has 0 saturated carbocycles. The average molecular weight is 382 g/mol. The molecule has 4 nitrogen and oxygen atoms in total. The van der Waals surface area contributed by atoms with Crippen molar-refractivity contribution in [2.75, 3.05) is 29.6 Å². The molecule has 4 heteroatoms. The van der Waals surface area contributed by atoms with Crippen LogP contribution in [0.5, 0.6) is 0 Å². The SMILES string of the molecule is CCCCCCCCCC(=O)Nc1ccc(Nc2ccc(N(C)C)cc2)cc1. The van der Waals surface area contributed by atoms with Gasteiger partial charge in [0.15, 0.2) is 0 Å². The molecule has 0 heterocycles. The lowest BCUT2D eigenvalue weighted by atomic mass is 10.1. The van der Waals surface area contributed by atoms with Crippen molar-refractivity contribution in [3.8, 4) is 0 Å². The maximum absolute atomic E-state index is 12.1. The third kappa shape index (κ3) is 8.03. The summed E-state index contributed by atoms with van der Waals surface area (Å²) in [5.74, 6) is 0.105. The number of rotatable bonds is 12. The Hall–Kier alpha value is -2.49. The van der Waals surface area contributed by atoms with Gasteiger partial charge in [-0.05, 0) is 55.0 Å². The molecule has 0 radical (unpaired) electrons. The van der Waals surface area contributed by atoms with Crippen molar-refractivity contribution in [2.45, 2.75) is 58.3 Å². The maximum Gasteiger partial charge on any atom is 0.224 e. The zero-order valence-corrected chi connectivity index (χ0v) is 17.6. The van der Waals surface area contributed by atoms with Crippen LogP contribution in [-0.2, 0) is 4.79 Å². The van der Waals surface area contributed by atoms with Gasteiger partial charge in [-0.1, -0.05) is 45.4 Å². The molecular weight excluding hydrogens is 346 g/mol. The standard InChI is InChI=1S/C24H35N3O/c1-4-5-6-7-8-9-10-11-24(28)26-22-14-12-20(13-15-22)25-21-16-18-23(19-17-21)27(2)3/h12-19,25H,4-11H2,1-3H3,(H,26,28). The number of carbonyl (C=O) groups excluding carboxylic acids is 1. The normalized spacial score (nSPS) is 10.5. The van der Waals surface area contributed by atoms with Crippen molar-refractivity contribution in [1.82, 2.24) is 0 Å². The smallest absolute Gasteiger partial charge is 0.224 e. The number of anilines is 4. The van der Waals surface area contributed by atoms with Crippen LogP contribution >= 0.6 is 0 Å². The molecule has 0 spiro atoms. The second kappa shape index (κ2) is 12.1. The van der Waals surface area contributed by atoms with Crippen molar-refractivity contribution in [3.05, 3.63) is 48.5 Å². The highest BCUT2D eigenvalue weighted by molar-refractivity contribution is 5.90. The van der Waals surface area contributed by atoms with Crippen LogP contribution in [0.15, 0.2) is 48.5 Å². The summed E-state index contributed by atoms with van der Waals surface area (Å²) in [5, 5.41) is 6.37. The molecule has 28 heavy (non-hydrogen) atoms. The van der Waals surface area contributed by atoms with Crippen LogP contribution in [-0.4, -0.2) is 20.0 Å². The highest BCUT2D eigenvalue weighted by Gasteiger charge is 2.03. The molecule has 0 aromatic heterocycles. The average Bonchev–Trinajstić information content (AvgIpc) is 2.69. The first-order chi connectivity index (χ1) is 13.6. The van der Waals surface area contributed by atoms with Crippen LogP contribution in [0.2, 0.25) is 0 Å². The van der Waals surface area contributed by atoms with Gasteiger partial charge in [-0.15, -0.1) is 0 Å². The Kier molecular flexibility index (Phi) is 9.40. The lowest BCUT2D eigenvalue weighted by Gasteiger charge is -2.13. The maximum atomic E-state index is 12.1. The second-order valence-corrected chi connectivity index (χ2v) is 7.56. The van der Waals surface area contributed by atoms with Gasteiger partial charge in [-0.2, -0.15) is 0 Å². The Morgan fingerprint density at radius 1 is 0.750 bits per heavy atom. The van der Waals surface area contributed by atoms with E-state index in [0.29, 0.717) is 6.42 Å². The topological polar surface area (TPSA) is 44.4 Å². The summed E-state index contributed by atoms with van der Waals surface area (Å²) in [4.78, 5) is 14.2.